The van der Waals surface area contributed by atoms with E-state index in [9.17, 15) is 10.2 Å². The fourth-order valence-corrected chi connectivity index (χ4v) is 4.49. The van der Waals surface area contributed by atoms with Gasteiger partial charge in [-0.15, -0.1) is 5.92 Å². The maximum atomic E-state index is 10.8. The number of hydrogen-bond donors (Lipinski definition) is 2. The van der Waals surface area contributed by atoms with Gasteiger partial charge in [0.2, 0.25) is 0 Å². The number of rotatable bonds is 18. The molecule has 0 aliphatic carbocycles. The molecule has 0 unspecified atom stereocenters. The van der Waals surface area contributed by atoms with Gasteiger partial charge in [0.15, 0.2) is 0 Å². The highest BCUT2D eigenvalue weighted by atomic mass is 16.3. The molecule has 2 aromatic carbocycles. The molecule has 0 bridgehead atoms. The molecule has 0 aliphatic heterocycles. The average molecular weight is 478 g/mol. The monoisotopic (exact) mass is 477 g/mol. The molecule has 0 saturated carbocycles. The Kier molecular flexibility index (Phi) is 15.9. The van der Waals surface area contributed by atoms with Gasteiger partial charge in [-0.25, -0.2) is 0 Å². The molecule has 2 atom stereocenters. The van der Waals surface area contributed by atoms with Gasteiger partial charge in [0.05, 0.1) is 12.6 Å². The maximum Gasteiger partial charge on any atom is 0.132 e. The standard InChI is InChI=1S/C32H47NO2/c1-2-3-4-5-6-7-8-9-10-11-12-13-20-25-32(35)31(28-34)33(26-29-21-16-14-17-22-29)27-30-23-18-15-19-24-30/h14-19,21-24,31-32,34-35H,2-13,26-28H2,1H3/t31-,32+/m0/s1. The average Bonchev–Trinajstić information content (AvgIpc) is 2.88. The third-order valence-electron chi connectivity index (χ3n) is 6.63. The first-order valence-corrected chi connectivity index (χ1v) is 13.8. The molecule has 2 rings (SSSR count). The summed E-state index contributed by atoms with van der Waals surface area (Å²) in [4.78, 5) is 2.13. The van der Waals surface area contributed by atoms with Gasteiger partial charge in [-0.2, -0.15) is 0 Å². The summed E-state index contributed by atoms with van der Waals surface area (Å²) in [5.74, 6) is 6.20. The molecule has 2 aromatic rings. The first kappa shape index (κ1) is 29.1. The second-order valence-corrected chi connectivity index (χ2v) is 9.68. The second-order valence-electron chi connectivity index (χ2n) is 9.68. The highest BCUT2D eigenvalue weighted by molar-refractivity contribution is 5.18. The van der Waals surface area contributed by atoms with Crippen molar-refractivity contribution >= 4 is 0 Å². The summed E-state index contributed by atoms with van der Waals surface area (Å²) in [7, 11) is 0. The van der Waals surface area contributed by atoms with Crippen LogP contribution in [-0.4, -0.2) is 33.9 Å². The highest BCUT2D eigenvalue weighted by Crippen LogP contribution is 2.16. The van der Waals surface area contributed by atoms with Gasteiger partial charge in [-0.05, 0) is 17.5 Å². The zero-order valence-corrected chi connectivity index (χ0v) is 21.9. The van der Waals surface area contributed by atoms with E-state index in [-0.39, 0.29) is 6.61 Å². The van der Waals surface area contributed by atoms with Crippen molar-refractivity contribution in [2.75, 3.05) is 6.61 Å². The minimum absolute atomic E-state index is 0.131. The highest BCUT2D eigenvalue weighted by Gasteiger charge is 2.24. The minimum Gasteiger partial charge on any atom is -0.395 e. The summed E-state index contributed by atoms with van der Waals surface area (Å²) in [6.45, 7) is 3.44. The van der Waals surface area contributed by atoms with Crippen molar-refractivity contribution in [1.29, 1.82) is 0 Å². The van der Waals surface area contributed by atoms with Gasteiger partial charge < -0.3 is 10.2 Å². The van der Waals surface area contributed by atoms with Crippen LogP contribution in [0.5, 0.6) is 0 Å². The van der Waals surface area contributed by atoms with Gasteiger partial charge in [0, 0.05) is 19.5 Å². The second kappa shape index (κ2) is 19.1. The van der Waals surface area contributed by atoms with Crippen molar-refractivity contribution in [3.05, 3.63) is 71.8 Å². The van der Waals surface area contributed by atoms with Crippen LogP contribution in [0.1, 0.15) is 95.1 Å². The summed E-state index contributed by atoms with van der Waals surface area (Å²) in [5, 5.41) is 21.0. The molecule has 3 heteroatoms. The summed E-state index contributed by atoms with van der Waals surface area (Å²) >= 11 is 0. The lowest BCUT2D eigenvalue weighted by Gasteiger charge is -2.32. The Hall–Kier alpha value is -2.12. The number of hydrogen-bond acceptors (Lipinski definition) is 3. The molecular formula is C32H47NO2. The Bertz CT molecular complexity index is 770. The van der Waals surface area contributed by atoms with Gasteiger partial charge in [0.1, 0.15) is 6.10 Å². The van der Waals surface area contributed by atoms with Gasteiger partial charge >= 0.3 is 0 Å². The molecule has 0 heterocycles. The Morgan fingerprint density at radius 3 is 1.60 bits per heavy atom. The number of benzene rings is 2. The number of aliphatic hydroxyl groups is 2. The Labute approximate surface area is 214 Å². The first-order valence-electron chi connectivity index (χ1n) is 13.8. The Balaban J connectivity index is 1.76. The smallest absolute Gasteiger partial charge is 0.132 e. The van der Waals surface area contributed by atoms with E-state index in [4.69, 9.17) is 0 Å². The zero-order valence-electron chi connectivity index (χ0n) is 21.9. The normalized spacial score (nSPS) is 12.8. The van der Waals surface area contributed by atoms with Crippen LogP contribution >= 0.6 is 0 Å². The van der Waals surface area contributed by atoms with Gasteiger partial charge in [-0.1, -0.05) is 138 Å². The molecule has 0 spiro atoms. The topological polar surface area (TPSA) is 43.7 Å². The van der Waals surface area contributed by atoms with Crippen LogP contribution in [0.25, 0.3) is 0 Å². The summed E-state index contributed by atoms with van der Waals surface area (Å²) in [6, 6.07) is 20.0. The quantitative estimate of drug-likeness (QED) is 0.177. The van der Waals surface area contributed by atoms with Crippen LogP contribution in [0.15, 0.2) is 60.7 Å². The zero-order chi connectivity index (χ0) is 25.0. The van der Waals surface area contributed by atoms with Crippen molar-refractivity contribution in [2.24, 2.45) is 0 Å². The third-order valence-corrected chi connectivity index (χ3v) is 6.63. The SMILES string of the molecule is CCCCCCCCCCCCCC#C[C@@H](O)[C@H](CO)N(Cc1ccccc1)Cc1ccccc1. The first-order chi connectivity index (χ1) is 17.2. The Morgan fingerprint density at radius 2 is 1.14 bits per heavy atom. The van der Waals surface area contributed by atoms with E-state index in [0.717, 1.165) is 24.0 Å². The van der Waals surface area contributed by atoms with Crippen molar-refractivity contribution in [3.63, 3.8) is 0 Å². The van der Waals surface area contributed by atoms with Crippen molar-refractivity contribution in [1.82, 2.24) is 4.90 Å². The lowest BCUT2D eigenvalue weighted by molar-refractivity contribution is 0.0340. The Morgan fingerprint density at radius 1 is 0.686 bits per heavy atom. The van der Waals surface area contributed by atoms with E-state index in [1.165, 1.54) is 64.2 Å². The fourth-order valence-electron chi connectivity index (χ4n) is 4.49. The molecule has 35 heavy (non-hydrogen) atoms. The lowest BCUT2D eigenvalue weighted by atomic mass is 10.0. The maximum absolute atomic E-state index is 10.8. The molecule has 0 aromatic heterocycles. The molecule has 0 radical (unpaired) electrons. The lowest BCUT2D eigenvalue weighted by Crippen LogP contribution is -2.45. The summed E-state index contributed by atoms with van der Waals surface area (Å²) < 4.78 is 0. The van der Waals surface area contributed by atoms with E-state index < -0.39 is 12.1 Å². The number of aliphatic hydroxyl groups excluding tert-OH is 2. The van der Waals surface area contributed by atoms with Crippen LogP contribution in [-0.2, 0) is 13.1 Å². The molecule has 0 aliphatic rings. The van der Waals surface area contributed by atoms with Crippen molar-refractivity contribution < 1.29 is 10.2 Å². The van der Waals surface area contributed by atoms with E-state index >= 15 is 0 Å². The largest absolute Gasteiger partial charge is 0.395 e. The van der Waals surface area contributed by atoms with E-state index in [2.05, 4.69) is 47.9 Å². The number of unbranched alkanes of at least 4 members (excludes halogenated alkanes) is 11. The molecule has 0 amide bonds. The summed E-state index contributed by atoms with van der Waals surface area (Å²) in [5.41, 5.74) is 2.31. The predicted molar refractivity (Wildman–Crippen MR) is 148 cm³/mol. The van der Waals surface area contributed by atoms with Gasteiger partial charge in [-0.3, -0.25) is 4.90 Å². The van der Waals surface area contributed by atoms with Crippen LogP contribution < -0.4 is 0 Å². The number of nitrogens with zero attached hydrogens (tertiary/aromatic N) is 1. The molecule has 2 N–H and O–H groups in total. The summed E-state index contributed by atoms with van der Waals surface area (Å²) in [6.07, 6.45) is 14.4. The predicted octanol–water partition coefficient (Wildman–Crippen LogP) is 7.12. The van der Waals surface area contributed by atoms with Crippen LogP contribution in [0.4, 0.5) is 0 Å². The van der Waals surface area contributed by atoms with Crippen LogP contribution in [0.2, 0.25) is 0 Å². The molecule has 0 saturated heterocycles. The van der Waals surface area contributed by atoms with Crippen LogP contribution in [0.3, 0.4) is 0 Å². The minimum atomic E-state index is -0.875. The molecule has 0 fully saturated rings. The van der Waals surface area contributed by atoms with Crippen LogP contribution in [0, 0.1) is 11.8 Å². The fraction of sp³-hybridized carbons (Fsp3) is 0.562. The van der Waals surface area contributed by atoms with Gasteiger partial charge in [0.25, 0.3) is 0 Å². The van der Waals surface area contributed by atoms with E-state index in [0.29, 0.717) is 13.1 Å². The van der Waals surface area contributed by atoms with Crippen molar-refractivity contribution in [2.45, 2.75) is 109 Å². The molecular weight excluding hydrogens is 430 g/mol. The van der Waals surface area contributed by atoms with Crippen molar-refractivity contribution in [3.8, 4) is 11.8 Å². The molecule has 192 valence electrons. The molecule has 3 nitrogen and oxygen atoms in total. The third kappa shape index (κ3) is 13.0. The van der Waals surface area contributed by atoms with E-state index in [1.807, 2.05) is 36.4 Å². The van der Waals surface area contributed by atoms with E-state index in [1.54, 1.807) is 0 Å².